The first-order chi connectivity index (χ1) is 14.1. The van der Waals surface area contributed by atoms with Crippen LogP contribution >= 0.6 is 0 Å². The first-order valence-corrected chi connectivity index (χ1v) is 9.58. The number of aromatic nitrogens is 3. The third kappa shape index (κ3) is 4.16. The molecule has 0 saturated carbocycles. The Hall–Kier alpha value is -3.55. The largest absolute Gasteiger partial charge is 0.497 e. The summed E-state index contributed by atoms with van der Waals surface area (Å²) in [6, 6.07) is 16.5. The van der Waals surface area contributed by atoms with Gasteiger partial charge in [-0.3, -0.25) is 4.98 Å². The number of methoxy groups -OCH3 is 1. The van der Waals surface area contributed by atoms with Crippen LogP contribution in [0.4, 0.5) is 10.5 Å². The molecule has 0 bridgehead atoms. The zero-order valence-electron chi connectivity index (χ0n) is 16.2. The molecule has 1 aliphatic rings. The maximum absolute atomic E-state index is 12.4. The first-order valence-electron chi connectivity index (χ1n) is 9.58. The number of benzene rings is 2. The number of para-hydroxylation sites is 1. The molecule has 0 aliphatic carbocycles. The fraction of sp³-hybridized carbons (Fsp3) is 0.286. The molecule has 0 radical (unpaired) electrons. The highest BCUT2D eigenvalue weighted by molar-refractivity contribution is 5.89. The van der Waals surface area contributed by atoms with Gasteiger partial charge in [0, 0.05) is 24.7 Å². The zero-order valence-corrected chi connectivity index (χ0v) is 16.2. The van der Waals surface area contributed by atoms with Gasteiger partial charge < -0.3 is 15.0 Å². The number of hydrogen-bond donors (Lipinski definition) is 2. The summed E-state index contributed by atoms with van der Waals surface area (Å²) in [5.41, 5.74) is 1.19. The molecule has 3 aromatic rings. The third-order valence-electron chi connectivity index (χ3n) is 5.15. The Morgan fingerprint density at radius 2 is 1.79 bits per heavy atom. The second-order valence-corrected chi connectivity index (χ2v) is 6.98. The van der Waals surface area contributed by atoms with Gasteiger partial charge in [-0.25, -0.2) is 9.59 Å². The molecule has 1 saturated heterocycles. The molecule has 1 fully saturated rings. The molecule has 2 amide bonds. The van der Waals surface area contributed by atoms with E-state index in [1.807, 2.05) is 30.3 Å². The topological polar surface area (TPSA) is 92.2 Å². The number of urea groups is 1. The highest BCUT2D eigenvalue weighted by Gasteiger charge is 2.26. The molecule has 2 aromatic carbocycles. The molecule has 2 heterocycles. The van der Waals surface area contributed by atoms with Gasteiger partial charge in [-0.1, -0.05) is 18.2 Å². The molecule has 4 rings (SSSR count). The molecular weight excluding hydrogens is 370 g/mol. The minimum atomic E-state index is -0.269. The lowest BCUT2D eigenvalue weighted by Crippen LogP contribution is -2.40. The molecule has 8 nitrogen and oxygen atoms in total. The Kier molecular flexibility index (Phi) is 5.33. The maximum Gasteiger partial charge on any atom is 0.348 e. The predicted octanol–water partition coefficient (Wildman–Crippen LogP) is 2.98. The standard InChI is InChI=1S/C21H23N5O3/c1-29-18-9-7-17(8-10-18)26-21(28)23-19(24-26)15-11-13-25(14-12-15)20(27)22-16-5-3-2-4-6-16/h2-10,15H,11-14H2,1H3,(H,22,27)(H,23,24,28). The van der Waals surface area contributed by atoms with Crippen molar-refractivity contribution in [1.29, 1.82) is 0 Å². The van der Waals surface area contributed by atoms with Crippen molar-refractivity contribution in [1.82, 2.24) is 19.7 Å². The second kappa shape index (κ2) is 8.22. The fourth-order valence-electron chi connectivity index (χ4n) is 3.50. The lowest BCUT2D eigenvalue weighted by atomic mass is 9.96. The number of likely N-dealkylation sites (tertiary alicyclic amines) is 1. The number of nitrogens with one attached hydrogen (secondary N) is 2. The van der Waals surface area contributed by atoms with Crippen molar-refractivity contribution in [3.8, 4) is 11.4 Å². The molecular formula is C21H23N5O3. The van der Waals surface area contributed by atoms with Crippen LogP contribution in [0.15, 0.2) is 59.4 Å². The van der Waals surface area contributed by atoms with E-state index >= 15 is 0 Å². The number of nitrogens with zero attached hydrogens (tertiary/aromatic N) is 3. The van der Waals surface area contributed by atoms with E-state index in [0.717, 1.165) is 24.3 Å². The number of piperidine rings is 1. The Bertz CT molecular complexity index is 1020. The van der Waals surface area contributed by atoms with Crippen LogP contribution in [0.1, 0.15) is 24.6 Å². The fourth-order valence-corrected chi connectivity index (χ4v) is 3.50. The molecule has 29 heavy (non-hydrogen) atoms. The summed E-state index contributed by atoms with van der Waals surface area (Å²) >= 11 is 0. The first kappa shape index (κ1) is 18.8. The van der Waals surface area contributed by atoms with Gasteiger partial charge >= 0.3 is 11.7 Å². The van der Waals surface area contributed by atoms with E-state index in [0.29, 0.717) is 24.6 Å². The molecule has 8 heteroatoms. The molecule has 150 valence electrons. The number of carbonyl (C=O) groups is 1. The van der Waals surface area contributed by atoms with Gasteiger partial charge in [0.2, 0.25) is 0 Å². The van der Waals surface area contributed by atoms with Gasteiger partial charge in [0.05, 0.1) is 12.8 Å². The van der Waals surface area contributed by atoms with E-state index < -0.39 is 0 Å². The summed E-state index contributed by atoms with van der Waals surface area (Å²) in [7, 11) is 1.60. The number of aromatic amines is 1. The number of hydrogen-bond acceptors (Lipinski definition) is 4. The van der Waals surface area contributed by atoms with E-state index in [9.17, 15) is 9.59 Å². The average Bonchev–Trinajstić information content (AvgIpc) is 3.16. The predicted molar refractivity (Wildman–Crippen MR) is 110 cm³/mol. The number of amides is 2. The van der Waals surface area contributed by atoms with E-state index in [-0.39, 0.29) is 17.6 Å². The van der Waals surface area contributed by atoms with Gasteiger partial charge in [-0.05, 0) is 49.2 Å². The van der Waals surface area contributed by atoms with Gasteiger partial charge in [0.15, 0.2) is 0 Å². The average molecular weight is 393 g/mol. The van der Waals surface area contributed by atoms with Gasteiger partial charge in [0.25, 0.3) is 0 Å². The summed E-state index contributed by atoms with van der Waals surface area (Å²) in [5, 5.41) is 7.40. The lowest BCUT2D eigenvalue weighted by molar-refractivity contribution is 0.193. The Morgan fingerprint density at radius 1 is 1.10 bits per heavy atom. The SMILES string of the molecule is COc1ccc(-n2nc(C3CCN(C(=O)Nc4ccccc4)CC3)[nH]c2=O)cc1. The number of ether oxygens (including phenoxy) is 1. The van der Waals surface area contributed by atoms with Crippen molar-refractivity contribution in [2.24, 2.45) is 0 Å². The molecule has 0 atom stereocenters. The van der Waals surface area contributed by atoms with Gasteiger partial charge in [-0.15, -0.1) is 5.10 Å². The van der Waals surface area contributed by atoms with Gasteiger partial charge in [0.1, 0.15) is 11.6 Å². The van der Waals surface area contributed by atoms with Crippen molar-refractivity contribution < 1.29 is 9.53 Å². The van der Waals surface area contributed by atoms with Crippen molar-refractivity contribution >= 4 is 11.7 Å². The summed E-state index contributed by atoms with van der Waals surface area (Å²) in [6.45, 7) is 1.22. The van der Waals surface area contributed by atoms with Crippen LogP contribution in [-0.4, -0.2) is 45.9 Å². The van der Waals surface area contributed by atoms with Crippen LogP contribution in [-0.2, 0) is 0 Å². The molecule has 0 unspecified atom stereocenters. The quantitative estimate of drug-likeness (QED) is 0.713. The smallest absolute Gasteiger partial charge is 0.348 e. The summed E-state index contributed by atoms with van der Waals surface area (Å²) in [5.74, 6) is 1.50. The van der Waals surface area contributed by atoms with Crippen LogP contribution in [0.5, 0.6) is 5.75 Å². The van der Waals surface area contributed by atoms with Crippen LogP contribution in [0.3, 0.4) is 0 Å². The summed E-state index contributed by atoms with van der Waals surface area (Å²) in [6.07, 6.45) is 1.50. The zero-order chi connectivity index (χ0) is 20.2. The molecule has 1 aliphatic heterocycles. The summed E-state index contributed by atoms with van der Waals surface area (Å²) < 4.78 is 6.51. The minimum Gasteiger partial charge on any atom is -0.497 e. The lowest BCUT2D eigenvalue weighted by Gasteiger charge is -2.31. The van der Waals surface area contributed by atoms with E-state index in [1.165, 1.54) is 4.68 Å². The Morgan fingerprint density at radius 3 is 2.45 bits per heavy atom. The molecule has 0 spiro atoms. The molecule has 1 aromatic heterocycles. The molecule has 2 N–H and O–H groups in total. The van der Waals surface area contributed by atoms with E-state index in [4.69, 9.17) is 4.74 Å². The number of carbonyl (C=O) groups excluding carboxylic acids is 1. The number of H-pyrrole nitrogens is 1. The van der Waals surface area contributed by atoms with Crippen molar-refractivity contribution in [3.05, 3.63) is 70.9 Å². The Balaban J connectivity index is 1.40. The second-order valence-electron chi connectivity index (χ2n) is 6.98. The third-order valence-corrected chi connectivity index (χ3v) is 5.15. The van der Waals surface area contributed by atoms with Crippen LogP contribution in [0, 0.1) is 0 Å². The summed E-state index contributed by atoms with van der Waals surface area (Å²) in [4.78, 5) is 29.5. The van der Waals surface area contributed by atoms with Crippen molar-refractivity contribution in [2.45, 2.75) is 18.8 Å². The highest BCUT2D eigenvalue weighted by atomic mass is 16.5. The normalized spacial score (nSPS) is 14.6. The van der Waals surface area contributed by atoms with Gasteiger partial charge in [-0.2, -0.15) is 4.68 Å². The minimum absolute atomic E-state index is 0.105. The van der Waals surface area contributed by atoms with Crippen LogP contribution < -0.4 is 15.7 Å². The van der Waals surface area contributed by atoms with E-state index in [1.54, 1.807) is 36.3 Å². The van der Waals surface area contributed by atoms with Crippen LogP contribution in [0.2, 0.25) is 0 Å². The monoisotopic (exact) mass is 393 g/mol. The number of anilines is 1. The number of rotatable bonds is 4. The highest BCUT2D eigenvalue weighted by Crippen LogP contribution is 2.25. The van der Waals surface area contributed by atoms with E-state index in [2.05, 4.69) is 15.4 Å². The Labute approximate surface area is 168 Å². The maximum atomic E-state index is 12.4. The van der Waals surface area contributed by atoms with Crippen molar-refractivity contribution in [2.75, 3.05) is 25.5 Å². The van der Waals surface area contributed by atoms with Crippen LogP contribution in [0.25, 0.3) is 5.69 Å². The van der Waals surface area contributed by atoms with Crippen molar-refractivity contribution in [3.63, 3.8) is 0 Å².